The highest BCUT2D eigenvalue weighted by atomic mass is 16.6. The van der Waals surface area contributed by atoms with Crippen molar-refractivity contribution in [1.29, 1.82) is 0 Å². The van der Waals surface area contributed by atoms with Gasteiger partial charge >= 0.3 is 11.9 Å². The molecular weight excluding hydrogens is 346 g/mol. The van der Waals surface area contributed by atoms with Crippen molar-refractivity contribution >= 4 is 30.0 Å². The number of carbonyl (C=O) groups is 2. The van der Waals surface area contributed by atoms with E-state index in [4.69, 9.17) is 14.2 Å². The molecule has 6 heteroatoms. The molecule has 0 aromatic heterocycles. The molecule has 0 amide bonds. The summed E-state index contributed by atoms with van der Waals surface area (Å²) in [6.45, 7) is 1.30. The lowest BCUT2D eigenvalue weighted by molar-refractivity contribution is -0.132. The fraction of sp³-hybridized carbons (Fsp3) is 0.0952. The number of nitrogens with zero attached hydrogens (tertiary/aromatic N) is 1. The number of rotatable bonds is 5. The van der Waals surface area contributed by atoms with Crippen molar-refractivity contribution in [2.24, 2.45) is 4.99 Å². The number of cyclic esters (lactones) is 1. The summed E-state index contributed by atoms with van der Waals surface area (Å²) in [6.07, 6.45) is 4.99. The van der Waals surface area contributed by atoms with Gasteiger partial charge in [-0.3, -0.25) is 4.79 Å². The van der Waals surface area contributed by atoms with Gasteiger partial charge in [0.25, 0.3) is 0 Å². The number of methoxy groups -OCH3 is 1. The first-order chi connectivity index (χ1) is 13.0. The first kappa shape index (κ1) is 18.1. The summed E-state index contributed by atoms with van der Waals surface area (Å²) in [5, 5.41) is 0. The van der Waals surface area contributed by atoms with Crippen LogP contribution in [0.3, 0.4) is 0 Å². The van der Waals surface area contributed by atoms with E-state index in [1.165, 1.54) is 14.0 Å². The Balaban J connectivity index is 1.84. The second-order valence-corrected chi connectivity index (χ2v) is 5.62. The molecule has 1 aliphatic rings. The first-order valence-electron chi connectivity index (χ1n) is 8.17. The Kier molecular flexibility index (Phi) is 5.47. The zero-order valence-corrected chi connectivity index (χ0v) is 14.8. The third-order valence-electron chi connectivity index (χ3n) is 3.60. The van der Waals surface area contributed by atoms with Crippen molar-refractivity contribution in [1.82, 2.24) is 0 Å². The SMILES string of the molecule is COc1ccc(/C=C2N=C(/C=C/c3ccccc3)OC/2=O)cc1OC(C)=O. The van der Waals surface area contributed by atoms with Crippen LogP contribution in [0.2, 0.25) is 0 Å². The van der Waals surface area contributed by atoms with Crippen LogP contribution in [0.25, 0.3) is 12.2 Å². The molecule has 6 nitrogen and oxygen atoms in total. The van der Waals surface area contributed by atoms with E-state index in [0.29, 0.717) is 11.3 Å². The Bertz CT molecular complexity index is 958. The van der Waals surface area contributed by atoms with Gasteiger partial charge in [-0.2, -0.15) is 0 Å². The van der Waals surface area contributed by atoms with Gasteiger partial charge in [0.2, 0.25) is 5.90 Å². The highest BCUT2D eigenvalue weighted by Gasteiger charge is 2.21. The quantitative estimate of drug-likeness (QED) is 0.461. The lowest BCUT2D eigenvalue weighted by Gasteiger charge is -2.08. The van der Waals surface area contributed by atoms with Crippen LogP contribution in [-0.4, -0.2) is 24.9 Å². The number of aliphatic imine (C=N–C) groups is 1. The lowest BCUT2D eigenvalue weighted by atomic mass is 10.1. The standard InChI is InChI=1S/C21H17NO5/c1-14(23)26-19-13-16(8-10-18(19)25-2)12-17-21(24)27-20(22-17)11-9-15-6-4-3-5-7-15/h3-13H,1-2H3/b11-9+,17-12+. The van der Waals surface area contributed by atoms with E-state index < -0.39 is 11.9 Å². The van der Waals surface area contributed by atoms with Gasteiger partial charge < -0.3 is 14.2 Å². The molecule has 1 aliphatic heterocycles. The van der Waals surface area contributed by atoms with E-state index >= 15 is 0 Å². The molecule has 0 radical (unpaired) electrons. The molecule has 0 N–H and O–H groups in total. The van der Waals surface area contributed by atoms with Crippen LogP contribution in [-0.2, 0) is 14.3 Å². The minimum absolute atomic E-state index is 0.154. The Morgan fingerprint density at radius 2 is 1.81 bits per heavy atom. The maximum absolute atomic E-state index is 12.0. The third-order valence-corrected chi connectivity index (χ3v) is 3.60. The van der Waals surface area contributed by atoms with Crippen molar-refractivity contribution in [2.45, 2.75) is 6.92 Å². The largest absolute Gasteiger partial charge is 0.493 e. The molecule has 0 unspecified atom stereocenters. The number of ether oxygens (including phenoxy) is 3. The smallest absolute Gasteiger partial charge is 0.363 e. The Morgan fingerprint density at radius 3 is 2.52 bits per heavy atom. The molecule has 0 aliphatic carbocycles. The summed E-state index contributed by atoms with van der Waals surface area (Å²) in [7, 11) is 1.48. The van der Waals surface area contributed by atoms with Gasteiger partial charge in [0.05, 0.1) is 7.11 Å². The molecule has 0 saturated heterocycles. The Labute approximate surface area is 156 Å². The summed E-state index contributed by atoms with van der Waals surface area (Å²) in [6, 6.07) is 14.6. The van der Waals surface area contributed by atoms with E-state index in [-0.39, 0.29) is 17.3 Å². The lowest BCUT2D eigenvalue weighted by Crippen LogP contribution is -2.03. The molecule has 0 bridgehead atoms. The van der Waals surface area contributed by atoms with E-state index in [2.05, 4.69) is 4.99 Å². The molecule has 1 heterocycles. The maximum atomic E-state index is 12.0. The number of esters is 2. The van der Waals surface area contributed by atoms with E-state index in [0.717, 1.165) is 5.56 Å². The highest BCUT2D eigenvalue weighted by Crippen LogP contribution is 2.29. The third kappa shape index (κ3) is 4.70. The molecule has 3 rings (SSSR count). The van der Waals surface area contributed by atoms with Crippen LogP contribution in [0.15, 0.2) is 65.3 Å². The van der Waals surface area contributed by atoms with Gasteiger partial charge in [-0.25, -0.2) is 9.79 Å². The molecule has 27 heavy (non-hydrogen) atoms. The average molecular weight is 363 g/mol. The van der Waals surface area contributed by atoms with Gasteiger partial charge in [-0.15, -0.1) is 0 Å². The van der Waals surface area contributed by atoms with Crippen LogP contribution in [0.4, 0.5) is 0 Å². The minimum atomic E-state index is -0.549. The van der Waals surface area contributed by atoms with Crippen molar-refractivity contribution in [2.75, 3.05) is 7.11 Å². The van der Waals surface area contributed by atoms with Crippen LogP contribution < -0.4 is 9.47 Å². The number of benzene rings is 2. The molecular formula is C21H17NO5. The molecule has 2 aromatic carbocycles. The highest BCUT2D eigenvalue weighted by molar-refractivity contribution is 6.11. The normalized spacial score (nSPS) is 15.0. The van der Waals surface area contributed by atoms with Gasteiger partial charge in [0, 0.05) is 13.0 Å². The molecule has 136 valence electrons. The molecule has 0 spiro atoms. The number of carbonyl (C=O) groups excluding carboxylic acids is 2. The Morgan fingerprint density at radius 1 is 1.04 bits per heavy atom. The first-order valence-corrected chi connectivity index (χ1v) is 8.17. The summed E-state index contributed by atoms with van der Waals surface area (Å²) in [4.78, 5) is 27.5. The fourth-order valence-corrected chi connectivity index (χ4v) is 2.40. The van der Waals surface area contributed by atoms with Crippen LogP contribution in [0, 0.1) is 0 Å². The van der Waals surface area contributed by atoms with E-state index in [9.17, 15) is 9.59 Å². The van der Waals surface area contributed by atoms with Gasteiger partial charge in [-0.1, -0.05) is 36.4 Å². The molecule has 2 aromatic rings. The maximum Gasteiger partial charge on any atom is 0.363 e. The average Bonchev–Trinajstić information content (AvgIpc) is 3.00. The minimum Gasteiger partial charge on any atom is -0.493 e. The van der Waals surface area contributed by atoms with Crippen LogP contribution in [0.1, 0.15) is 18.1 Å². The zero-order chi connectivity index (χ0) is 19.2. The monoisotopic (exact) mass is 363 g/mol. The molecule has 0 fully saturated rings. The summed E-state index contributed by atoms with van der Waals surface area (Å²) in [5.74, 6) is -0.128. The van der Waals surface area contributed by atoms with Crippen LogP contribution >= 0.6 is 0 Å². The fourth-order valence-electron chi connectivity index (χ4n) is 2.40. The summed E-state index contributed by atoms with van der Waals surface area (Å²) >= 11 is 0. The van der Waals surface area contributed by atoms with Crippen molar-refractivity contribution in [3.8, 4) is 11.5 Å². The van der Waals surface area contributed by atoms with E-state index in [1.807, 2.05) is 30.3 Å². The van der Waals surface area contributed by atoms with Crippen LogP contribution in [0.5, 0.6) is 11.5 Å². The van der Waals surface area contributed by atoms with E-state index in [1.54, 1.807) is 36.4 Å². The number of hydrogen-bond donors (Lipinski definition) is 0. The van der Waals surface area contributed by atoms with Gasteiger partial charge in [-0.05, 0) is 35.4 Å². The second kappa shape index (κ2) is 8.14. The molecule has 0 saturated carbocycles. The molecule has 0 atom stereocenters. The summed E-state index contributed by atoms with van der Waals surface area (Å²) in [5.41, 5.74) is 1.74. The second-order valence-electron chi connectivity index (χ2n) is 5.62. The Hall–Kier alpha value is -3.67. The number of hydrogen-bond acceptors (Lipinski definition) is 6. The summed E-state index contributed by atoms with van der Waals surface area (Å²) < 4.78 is 15.4. The zero-order valence-electron chi connectivity index (χ0n) is 14.8. The van der Waals surface area contributed by atoms with Gasteiger partial charge in [0.15, 0.2) is 17.2 Å². The van der Waals surface area contributed by atoms with Crippen molar-refractivity contribution in [3.63, 3.8) is 0 Å². The van der Waals surface area contributed by atoms with Crippen molar-refractivity contribution in [3.05, 3.63) is 71.4 Å². The predicted octanol–water partition coefficient (Wildman–Crippen LogP) is 3.63. The topological polar surface area (TPSA) is 74.2 Å². The predicted molar refractivity (Wildman–Crippen MR) is 101 cm³/mol. The van der Waals surface area contributed by atoms with Crippen molar-refractivity contribution < 1.29 is 23.8 Å². The van der Waals surface area contributed by atoms with Gasteiger partial charge in [0.1, 0.15) is 0 Å².